The van der Waals surface area contributed by atoms with Crippen LogP contribution in [0, 0.1) is 13.8 Å². The molecule has 0 saturated carbocycles. The van der Waals surface area contributed by atoms with Crippen LogP contribution in [0.4, 0.5) is 0 Å². The van der Waals surface area contributed by atoms with Crippen LogP contribution >= 0.6 is 0 Å². The molecule has 1 atom stereocenters. The number of carbonyl (C=O) groups is 1. The second-order valence-corrected chi connectivity index (χ2v) is 10.6. The molecule has 0 bridgehead atoms. The Labute approximate surface area is 231 Å². The average Bonchev–Trinajstić information content (AvgIpc) is 3.43. The van der Waals surface area contributed by atoms with E-state index in [1.165, 1.54) is 16.7 Å². The third-order valence-corrected chi connectivity index (χ3v) is 7.60. The highest BCUT2D eigenvalue weighted by Gasteiger charge is 2.42. The van der Waals surface area contributed by atoms with Crippen molar-refractivity contribution >= 4 is 5.97 Å². The van der Waals surface area contributed by atoms with E-state index in [-0.39, 0.29) is 17.5 Å². The zero-order valence-corrected chi connectivity index (χ0v) is 23.2. The van der Waals surface area contributed by atoms with Gasteiger partial charge in [-0.15, -0.1) is 0 Å². The SMILES string of the molecule is CCOC(=O)CC1(c2ccc(OCc3cccc(-c4c(C)cc(OCC5CCCO5)cc4C)c3)cc2)COC1. The van der Waals surface area contributed by atoms with Gasteiger partial charge < -0.3 is 23.7 Å². The fraction of sp³-hybridized carbons (Fsp3) is 0.424. The van der Waals surface area contributed by atoms with Crippen molar-refractivity contribution in [1.29, 1.82) is 0 Å². The molecule has 0 aromatic heterocycles. The minimum absolute atomic E-state index is 0.188. The van der Waals surface area contributed by atoms with Gasteiger partial charge >= 0.3 is 5.97 Å². The first-order valence-electron chi connectivity index (χ1n) is 13.9. The predicted octanol–water partition coefficient (Wildman–Crippen LogP) is 6.33. The summed E-state index contributed by atoms with van der Waals surface area (Å²) in [6.07, 6.45) is 2.72. The van der Waals surface area contributed by atoms with Gasteiger partial charge in [0.2, 0.25) is 0 Å². The monoisotopic (exact) mass is 530 g/mol. The topological polar surface area (TPSA) is 63.2 Å². The van der Waals surface area contributed by atoms with Crippen LogP contribution in [0.1, 0.15) is 48.4 Å². The van der Waals surface area contributed by atoms with E-state index in [1.807, 2.05) is 31.2 Å². The lowest BCUT2D eigenvalue weighted by Gasteiger charge is -2.41. The Morgan fingerprint density at radius 1 is 0.974 bits per heavy atom. The smallest absolute Gasteiger partial charge is 0.306 e. The molecule has 2 aliphatic rings. The van der Waals surface area contributed by atoms with Crippen LogP contribution in [-0.4, -0.2) is 45.1 Å². The summed E-state index contributed by atoms with van der Waals surface area (Å²) in [5.41, 5.74) is 6.62. The van der Waals surface area contributed by atoms with Crippen molar-refractivity contribution in [1.82, 2.24) is 0 Å². The summed E-state index contributed by atoms with van der Waals surface area (Å²) in [7, 11) is 0. The quantitative estimate of drug-likeness (QED) is 0.270. The molecular weight excluding hydrogens is 492 g/mol. The number of esters is 1. The van der Waals surface area contributed by atoms with Gasteiger partial charge in [0.05, 0.1) is 37.8 Å². The molecule has 6 heteroatoms. The second kappa shape index (κ2) is 12.2. The van der Waals surface area contributed by atoms with Gasteiger partial charge in [0.15, 0.2) is 0 Å². The highest BCUT2D eigenvalue weighted by molar-refractivity contribution is 5.73. The summed E-state index contributed by atoms with van der Waals surface area (Å²) in [6.45, 7) is 9.44. The molecule has 0 spiro atoms. The van der Waals surface area contributed by atoms with E-state index in [9.17, 15) is 4.79 Å². The molecule has 0 radical (unpaired) electrons. The fourth-order valence-electron chi connectivity index (χ4n) is 5.52. The lowest BCUT2D eigenvalue weighted by Crippen LogP contribution is -2.48. The molecule has 3 aromatic rings. The Morgan fingerprint density at radius 3 is 2.38 bits per heavy atom. The number of ether oxygens (including phenoxy) is 5. The molecule has 2 aliphatic heterocycles. The zero-order chi connectivity index (χ0) is 27.2. The third kappa shape index (κ3) is 6.45. The van der Waals surface area contributed by atoms with E-state index in [1.54, 1.807) is 0 Å². The normalized spacial score (nSPS) is 17.9. The van der Waals surface area contributed by atoms with Gasteiger partial charge in [-0.25, -0.2) is 0 Å². The van der Waals surface area contributed by atoms with Gasteiger partial charge in [-0.3, -0.25) is 4.79 Å². The highest BCUT2D eigenvalue weighted by atomic mass is 16.5. The van der Waals surface area contributed by atoms with Crippen LogP contribution in [0.15, 0.2) is 60.7 Å². The molecule has 5 rings (SSSR count). The van der Waals surface area contributed by atoms with E-state index in [4.69, 9.17) is 23.7 Å². The number of aryl methyl sites for hydroxylation is 2. The predicted molar refractivity (Wildman–Crippen MR) is 150 cm³/mol. The first-order chi connectivity index (χ1) is 19.0. The Bertz CT molecular complexity index is 1250. The highest BCUT2D eigenvalue weighted by Crippen LogP contribution is 2.37. The molecule has 39 heavy (non-hydrogen) atoms. The van der Waals surface area contributed by atoms with Crippen LogP contribution < -0.4 is 9.47 Å². The van der Waals surface area contributed by atoms with Crippen molar-refractivity contribution in [3.63, 3.8) is 0 Å². The van der Waals surface area contributed by atoms with Crippen LogP contribution in [-0.2, 0) is 31.0 Å². The zero-order valence-electron chi connectivity index (χ0n) is 23.2. The largest absolute Gasteiger partial charge is 0.491 e. The summed E-state index contributed by atoms with van der Waals surface area (Å²) in [5, 5.41) is 0. The Morgan fingerprint density at radius 2 is 1.74 bits per heavy atom. The maximum atomic E-state index is 12.1. The molecular formula is C33H38O6. The lowest BCUT2D eigenvalue weighted by molar-refractivity contribution is -0.151. The summed E-state index contributed by atoms with van der Waals surface area (Å²) < 4.78 is 28.5. The molecule has 2 fully saturated rings. The molecule has 0 aliphatic carbocycles. The van der Waals surface area contributed by atoms with Crippen molar-refractivity contribution in [2.45, 2.75) is 58.2 Å². The summed E-state index contributed by atoms with van der Waals surface area (Å²) >= 11 is 0. The summed E-state index contributed by atoms with van der Waals surface area (Å²) in [5.74, 6) is 1.49. The molecule has 0 amide bonds. The maximum Gasteiger partial charge on any atom is 0.306 e. The van der Waals surface area contributed by atoms with Gasteiger partial charge in [-0.05, 0) is 97.3 Å². The van der Waals surface area contributed by atoms with Crippen LogP contribution in [0.2, 0.25) is 0 Å². The van der Waals surface area contributed by atoms with E-state index < -0.39 is 0 Å². The molecule has 206 valence electrons. The third-order valence-electron chi connectivity index (χ3n) is 7.60. The number of hydrogen-bond acceptors (Lipinski definition) is 6. The summed E-state index contributed by atoms with van der Waals surface area (Å²) in [4.78, 5) is 12.1. The number of carbonyl (C=O) groups excluding carboxylic acids is 1. The fourth-order valence-corrected chi connectivity index (χ4v) is 5.52. The van der Waals surface area contributed by atoms with E-state index in [0.717, 1.165) is 47.6 Å². The van der Waals surface area contributed by atoms with Crippen molar-refractivity contribution < 1.29 is 28.5 Å². The van der Waals surface area contributed by atoms with Crippen LogP contribution in [0.5, 0.6) is 11.5 Å². The number of hydrogen-bond donors (Lipinski definition) is 0. The molecule has 0 N–H and O–H groups in total. The maximum absolute atomic E-state index is 12.1. The van der Waals surface area contributed by atoms with E-state index >= 15 is 0 Å². The number of rotatable bonds is 11. The van der Waals surface area contributed by atoms with Gasteiger partial charge in [0.1, 0.15) is 24.7 Å². The van der Waals surface area contributed by atoms with Gasteiger partial charge in [-0.2, -0.15) is 0 Å². The first-order valence-corrected chi connectivity index (χ1v) is 13.9. The summed E-state index contributed by atoms with van der Waals surface area (Å²) in [6, 6.07) is 20.7. The van der Waals surface area contributed by atoms with Gasteiger partial charge in [0.25, 0.3) is 0 Å². The molecule has 3 aromatic carbocycles. The minimum atomic E-state index is -0.306. The molecule has 2 saturated heterocycles. The second-order valence-electron chi connectivity index (χ2n) is 10.6. The lowest BCUT2D eigenvalue weighted by atomic mass is 9.76. The van der Waals surface area contributed by atoms with Gasteiger partial charge in [-0.1, -0.05) is 30.3 Å². The van der Waals surface area contributed by atoms with Crippen molar-refractivity contribution in [2.75, 3.05) is 33.0 Å². The van der Waals surface area contributed by atoms with Crippen LogP contribution in [0.25, 0.3) is 11.1 Å². The van der Waals surface area contributed by atoms with Gasteiger partial charge in [0, 0.05) is 6.61 Å². The van der Waals surface area contributed by atoms with E-state index in [2.05, 4.69) is 50.2 Å². The van der Waals surface area contributed by atoms with Crippen molar-refractivity contribution in [2.24, 2.45) is 0 Å². The average molecular weight is 531 g/mol. The Hall–Kier alpha value is -3.35. The Kier molecular flexibility index (Phi) is 8.53. The number of benzene rings is 3. The standard InChI is InChI=1S/C33H38O6/c1-4-36-31(34)18-33(21-35-22-33)27-10-12-28(13-11-27)38-19-25-7-5-8-26(17-25)32-23(2)15-30(16-24(32)3)39-20-29-9-6-14-37-29/h5,7-8,10-13,15-17,29H,4,6,9,14,18-22H2,1-3H3. The van der Waals surface area contributed by atoms with Crippen LogP contribution in [0.3, 0.4) is 0 Å². The van der Waals surface area contributed by atoms with E-state index in [0.29, 0.717) is 39.5 Å². The first kappa shape index (κ1) is 27.2. The molecule has 1 unspecified atom stereocenters. The molecule has 6 nitrogen and oxygen atoms in total. The minimum Gasteiger partial charge on any atom is -0.491 e. The van der Waals surface area contributed by atoms with Crippen molar-refractivity contribution in [3.8, 4) is 22.6 Å². The Balaban J connectivity index is 1.22. The van der Waals surface area contributed by atoms with Crippen molar-refractivity contribution in [3.05, 3.63) is 82.9 Å². The molecule has 2 heterocycles.